The highest BCUT2D eigenvalue weighted by Crippen LogP contribution is 2.34. The molecule has 3 heteroatoms. The number of hydrogen-bond acceptors (Lipinski definition) is 1. The lowest BCUT2D eigenvalue weighted by molar-refractivity contribution is 0.175. The molecule has 0 heterocycles. The van der Waals surface area contributed by atoms with Crippen molar-refractivity contribution in [2.45, 2.75) is 44.7 Å². The smallest absolute Gasteiger partial charge is 0.137 e. The second-order valence-corrected chi connectivity index (χ2v) is 5.44. The summed E-state index contributed by atoms with van der Waals surface area (Å²) in [5, 5.41) is 3.56. The van der Waals surface area contributed by atoms with Gasteiger partial charge in [-0.3, -0.25) is 0 Å². The number of benzene rings is 1. The number of hydrogen-bond donors (Lipinski definition) is 1. The van der Waals surface area contributed by atoms with Gasteiger partial charge in [0.25, 0.3) is 0 Å². The second kappa shape index (κ2) is 4.84. The maximum absolute atomic E-state index is 13.3. The van der Waals surface area contributed by atoms with Gasteiger partial charge in [-0.2, -0.15) is 0 Å². The van der Waals surface area contributed by atoms with E-state index >= 15 is 0 Å². The Morgan fingerprint density at radius 2 is 2.19 bits per heavy atom. The zero-order chi connectivity index (χ0) is 11.6. The maximum atomic E-state index is 13.3. The Morgan fingerprint density at radius 1 is 1.44 bits per heavy atom. The fourth-order valence-corrected chi connectivity index (χ4v) is 2.44. The minimum absolute atomic E-state index is 0.182. The van der Waals surface area contributed by atoms with Crippen molar-refractivity contribution in [2.24, 2.45) is 0 Å². The molecule has 1 aromatic carbocycles. The van der Waals surface area contributed by atoms with E-state index in [4.69, 9.17) is 0 Å². The van der Waals surface area contributed by atoms with Crippen LogP contribution in [0.3, 0.4) is 0 Å². The Bertz CT molecular complexity index is 369. The molecule has 0 spiro atoms. The summed E-state index contributed by atoms with van der Waals surface area (Å²) in [6, 6.07) is 5.33. The van der Waals surface area contributed by atoms with Gasteiger partial charge in [0.15, 0.2) is 0 Å². The number of nitrogens with one attached hydrogen (secondary N) is 1. The first kappa shape index (κ1) is 12.1. The normalized spacial score (nSPS) is 18.2. The van der Waals surface area contributed by atoms with Gasteiger partial charge in [0.1, 0.15) is 5.82 Å². The van der Waals surface area contributed by atoms with Crippen molar-refractivity contribution in [3.63, 3.8) is 0 Å². The monoisotopic (exact) mass is 285 g/mol. The molecule has 1 N–H and O–H groups in total. The molecule has 1 saturated carbocycles. The molecule has 1 fully saturated rings. The minimum Gasteiger partial charge on any atom is -0.307 e. The van der Waals surface area contributed by atoms with E-state index in [-0.39, 0.29) is 5.82 Å². The maximum Gasteiger partial charge on any atom is 0.137 e. The molecule has 0 atom stereocenters. The van der Waals surface area contributed by atoms with E-state index in [1.165, 1.54) is 19.3 Å². The molecule has 0 unspecified atom stereocenters. The van der Waals surface area contributed by atoms with Crippen LogP contribution in [-0.4, -0.2) is 5.54 Å². The van der Waals surface area contributed by atoms with Gasteiger partial charge < -0.3 is 5.32 Å². The van der Waals surface area contributed by atoms with Crippen LogP contribution < -0.4 is 5.32 Å². The van der Waals surface area contributed by atoms with Crippen molar-refractivity contribution in [3.05, 3.63) is 34.1 Å². The summed E-state index contributed by atoms with van der Waals surface area (Å²) in [5.74, 6) is -0.182. The van der Waals surface area contributed by atoms with Gasteiger partial charge in [-0.25, -0.2) is 4.39 Å². The number of halogens is 2. The summed E-state index contributed by atoms with van der Waals surface area (Å²) >= 11 is 3.16. The Balaban J connectivity index is 1.96. The third-order valence-electron chi connectivity index (χ3n) is 3.64. The van der Waals surface area contributed by atoms with Crippen molar-refractivity contribution in [3.8, 4) is 0 Å². The third-order valence-corrected chi connectivity index (χ3v) is 4.28. The van der Waals surface area contributed by atoms with E-state index in [1.54, 1.807) is 12.1 Å². The highest BCUT2D eigenvalue weighted by Gasteiger charge is 2.34. The molecule has 2 rings (SSSR count). The first-order valence-corrected chi connectivity index (χ1v) is 6.63. The van der Waals surface area contributed by atoms with Crippen LogP contribution in [0.25, 0.3) is 0 Å². The molecule has 1 aromatic rings. The molecule has 1 nitrogen and oxygen atoms in total. The second-order valence-electron chi connectivity index (χ2n) is 4.59. The Hall–Kier alpha value is -0.410. The van der Waals surface area contributed by atoms with E-state index in [0.717, 1.165) is 18.5 Å². The first-order valence-electron chi connectivity index (χ1n) is 5.84. The SMILES string of the molecule is CCC1(NCc2ccc(Br)c(F)c2)CCC1. The highest BCUT2D eigenvalue weighted by atomic mass is 79.9. The molecule has 1 aliphatic carbocycles. The lowest BCUT2D eigenvalue weighted by atomic mass is 9.75. The molecular formula is C13H17BrFN. The van der Waals surface area contributed by atoms with E-state index in [1.807, 2.05) is 6.07 Å². The van der Waals surface area contributed by atoms with E-state index < -0.39 is 0 Å². The summed E-state index contributed by atoms with van der Waals surface area (Å²) in [4.78, 5) is 0. The summed E-state index contributed by atoms with van der Waals surface area (Å²) in [5.41, 5.74) is 1.34. The van der Waals surface area contributed by atoms with Gasteiger partial charge >= 0.3 is 0 Å². The minimum atomic E-state index is -0.182. The van der Waals surface area contributed by atoms with Crippen LogP contribution in [0.2, 0.25) is 0 Å². The predicted octanol–water partition coefficient (Wildman–Crippen LogP) is 4.01. The Kier molecular flexibility index (Phi) is 3.65. The average Bonchev–Trinajstić information content (AvgIpc) is 2.22. The predicted molar refractivity (Wildman–Crippen MR) is 67.8 cm³/mol. The third kappa shape index (κ3) is 2.46. The van der Waals surface area contributed by atoms with Crippen molar-refractivity contribution in [1.82, 2.24) is 5.32 Å². The van der Waals surface area contributed by atoms with E-state index in [2.05, 4.69) is 28.2 Å². The van der Waals surface area contributed by atoms with E-state index in [9.17, 15) is 4.39 Å². The van der Waals surface area contributed by atoms with Gasteiger partial charge in [-0.1, -0.05) is 13.0 Å². The lowest BCUT2D eigenvalue weighted by Crippen LogP contribution is -2.49. The van der Waals surface area contributed by atoms with Gasteiger partial charge in [0.05, 0.1) is 4.47 Å². The quantitative estimate of drug-likeness (QED) is 0.881. The molecule has 16 heavy (non-hydrogen) atoms. The van der Waals surface area contributed by atoms with Crippen LogP contribution in [0.15, 0.2) is 22.7 Å². The lowest BCUT2D eigenvalue weighted by Gasteiger charge is -2.42. The topological polar surface area (TPSA) is 12.0 Å². The fraction of sp³-hybridized carbons (Fsp3) is 0.538. The average molecular weight is 286 g/mol. The van der Waals surface area contributed by atoms with Crippen molar-refractivity contribution < 1.29 is 4.39 Å². The fourth-order valence-electron chi connectivity index (χ4n) is 2.20. The van der Waals surface area contributed by atoms with Crippen LogP contribution in [-0.2, 0) is 6.54 Å². The summed E-state index contributed by atoms with van der Waals surface area (Å²) < 4.78 is 13.8. The van der Waals surface area contributed by atoms with Crippen LogP contribution in [0.5, 0.6) is 0 Å². The van der Waals surface area contributed by atoms with Crippen molar-refractivity contribution in [2.75, 3.05) is 0 Å². The summed E-state index contributed by atoms with van der Waals surface area (Å²) in [7, 11) is 0. The van der Waals surface area contributed by atoms with Crippen LogP contribution in [0.4, 0.5) is 4.39 Å². The Labute approximate surface area is 105 Å². The molecule has 88 valence electrons. The molecular weight excluding hydrogens is 269 g/mol. The Morgan fingerprint density at radius 3 is 2.69 bits per heavy atom. The standard InChI is InChI=1S/C13H17BrFN/c1-2-13(6-3-7-13)16-9-10-4-5-11(14)12(15)8-10/h4-5,8,16H,2-3,6-7,9H2,1H3. The zero-order valence-electron chi connectivity index (χ0n) is 9.52. The van der Waals surface area contributed by atoms with Crippen LogP contribution in [0.1, 0.15) is 38.2 Å². The molecule has 1 aliphatic rings. The molecule has 0 aliphatic heterocycles. The van der Waals surface area contributed by atoms with Gasteiger partial charge in [-0.05, 0) is 59.3 Å². The zero-order valence-corrected chi connectivity index (χ0v) is 11.1. The van der Waals surface area contributed by atoms with E-state index in [0.29, 0.717) is 10.0 Å². The molecule has 0 aromatic heterocycles. The molecule has 0 saturated heterocycles. The highest BCUT2D eigenvalue weighted by molar-refractivity contribution is 9.10. The summed E-state index contributed by atoms with van der Waals surface area (Å²) in [6.45, 7) is 2.98. The van der Waals surface area contributed by atoms with Gasteiger partial charge in [0, 0.05) is 12.1 Å². The van der Waals surface area contributed by atoms with Crippen LogP contribution in [0, 0.1) is 5.82 Å². The van der Waals surface area contributed by atoms with Crippen LogP contribution >= 0.6 is 15.9 Å². The molecule has 0 bridgehead atoms. The van der Waals surface area contributed by atoms with Gasteiger partial charge in [0.2, 0.25) is 0 Å². The van der Waals surface area contributed by atoms with Gasteiger partial charge in [-0.15, -0.1) is 0 Å². The molecule has 0 amide bonds. The van der Waals surface area contributed by atoms with Crippen molar-refractivity contribution >= 4 is 15.9 Å². The summed E-state index contributed by atoms with van der Waals surface area (Å²) in [6.07, 6.45) is 4.98. The largest absolute Gasteiger partial charge is 0.307 e. The van der Waals surface area contributed by atoms with Crippen molar-refractivity contribution in [1.29, 1.82) is 0 Å². The first-order chi connectivity index (χ1) is 7.65. The number of rotatable bonds is 4. The molecule has 0 radical (unpaired) electrons.